The SMILES string of the molecule is Cc1csc(C(=O)N(CCN)Cc2ccccc2)c1Cl.Cl. The van der Waals surface area contributed by atoms with Crippen LogP contribution in [0.4, 0.5) is 0 Å². The lowest BCUT2D eigenvalue weighted by Crippen LogP contribution is -2.34. The van der Waals surface area contributed by atoms with Crippen LogP contribution in [0.3, 0.4) is 0 Å². The van der Waals surface area contributed by atoms with Crippen LogP contribution in [0.15, 0.2) is 35.7 Å². The van der Waals surface area contributed by atoms with Gasteiger partial charge in [0.2, 0.25) is 0 Å². The van der Waals surface area contributed by atoms with Gasteiger partial charge in [-0.1, -0.05) is 41.9 Å². The van der Waals surface area contributed by atoms with E-state index in [2.05, 4.69) is 0 Å². The minimum absolute atomic E-state index is 0. The van der Waals surface area contributed by atoms with Gasteiger partial charge in [0.15, 0.2) is 0 Å². The van der Waals surface area contributed by atoms with E-state index >= 15 is 0 Å². The first kappa shape index (κ1) is 18.0. The summed E-state index contributed by atoms with van der Waals surface area (Å²) in [6.07, 6.45) is 0. The van der Waals surface area contributed by atoms with Crippen molar-refractivity contribution in [1.82, 2.24) is 4.90 Å². The molecule has 2 rings (SSSR count). The molecule has 2 N–H and O–H groups in total. The molecule has 6 heteroatoms. The van der Waals surface area contributed by atoms with Crippen LogP contribution in [-0.2, 0) is 6.54 Å². The van der Waals surface area contributed by atoms with Gasteiger partial charge in [0.1, 0.15) is 4.88 Å². The van der Waals surface area contributed by atoms with Gasteiger partial charge in [0.05, 0.1) is 5.02 Å². The first-order valence-corrected chi connectivity index (χ1v) is 7.66. The van der Waals surface area contributed by atoms with Crippen LogP contribution in [0, 0.1) is 6.92 Å². The standard InChI is InChI=1S/C15H17ClN2OS.ClH/c1-11-10-20-14(13(11)16)15(19)18(8-7-17)9-12-5-3-2-4-6-12;/h2-6,10H,7-9,17H2,1H3;1H. The van der Waals surface area contributed by atoms with Gasteiger partial charge < -0.3 is 10.6 Å². The Kier molecular flexibility index (Phi) is 7.18. The topological polar surface area (TPSA) is 46.3 Å². The molecular weight excluding hydrogens is 327 g/mol. The summed E-state index contributed by atoms with van der Waals surface area (Å²) in [5.41, 5.74) is 7.64. The second-order valence-corrected chi connectivity index (χ2v) is 5.82. The van der Waals surface area contributed by atoms with Gasteiger partial charge in [-0.25, -0.2) is 0 Å². The molecule has 0 saturated heterocycles. The summed E-state index contributed by atoms with van der Waals surface area (Å²) in [4.78, 5) is 14.9. The molecule has 0 fully saturated rings. The molecule has 0 unspecified atom stereocenters. The maximum Gasteiger partial charge on any atom is 0.265 e. The highest BCUT2D eigenvalue weighted by atomic mass is 35.5. The van der Waals surface area contributed by atoms with Crippen LogP contribution in [-0.4, -0.2) is 23.9 Å². The van der Waals surface area contributed by atoms with E-state index in [1.54, 1.807) is 4.90 Å². The van der Waals surface area contributed by atoms with Crippen molar-refractivity contribution in [2.75, 3.05) is 13.1 Å². The summed E-state index contributed by atoms with van der Waals surface area (Å²) in [7, 11) is 0. The maximum absolute atomic E-state index is 12.6. The zero-order valence-electron chi connectivity index (χ0n) is 11.7. The molecule has 1 aromatic heterocycles. The minimum Gasteiger partial charge on any atom is -0.332 e. The van der Waals surface area contributed by atoms with Gasteiger partial charge in [-0.2, -0.15) is 0 Å². The van der Waals surface area contributed by atoms with E-state index < -0.39 is 0 Å². The Balaban J connectivity index is 0.00000220. The van der Waals surface area contributed by atoms with Crippen LogP contribution >= 0.6 is 35.3 Å². The van der Waals surface area contributed by atoms with Gasteiger partial charge in [-0.05, 0) is 23.4 Å². The monoisotopic (exact) mass is 344 g/mol. The molecule has 0 aliphatic heterocycles. The largest absolute Gasteiger partial charge is 0.332 e. The Hall–Kier alpha value is -1.07. The first-order chi connectivity index (χ1) is 9.63. The van der Waals surface area contributed by atoms with E-state index in [9.17, 15) is 4.79 Å². The molecule has 0 spiro atoms. The van der Waals surface area contributed by atoms with Crippen molar-refractivity contribution in [3.05, 3.63) is 56.7 Å². The summed E-state index contributed by atoms with van der Waals surface area (Å²) in [6, 6.07) is 9.87. The first-order valence-electron chi connectivity index (χ1n) is 6.40. The zero-order chi connectivity index (χ0) is 14.5. The molecule has 0 atom stereocenters. The van der Waals surface area contributed by atoms with Crippen LogP contribution in [0.5, 0.6) is 0 Å². The summed E-state index contributed by atoms with van der Waals surface area (Å²) in [6.45, 7) is 3.39. The summed E-state index contributed by atoms with van der Waals surface area (Å²) in [5.74, 6) is -0.0533. The summed E-state index contributed by atoms with van der Waals surface area (Å²) in [5, 5.41) is 2.45. The lowest BCUT2D eigenvalue weighted by Gasteiger charge is -2.21. The molecule has 3 nitrogen and oxygen atoms in total. The number of hydrogen-bond acceptors (Lipinski definition) is 3. The number of benzene rings is 1. The zero-order valence-corrected chi connectivity index (χ0v) is 14.1. The van der Waals surface area contributed by atoms with Crippen LogP contribution in [0.1, 0.15) is 20.8 Å². The molecular formula is C15H18Cl2N2OS. The fourth-order valence-corrected chi connectivity index (χ4v) is 3.17. The highest BCUT2D eigenvalue weighted by molar-refractivity contribution is 7.13. The number of carbonyl (C=O) groups is 1. The van der Waals surface area contributed by atoms with Crippen LogP contribution in [0.2, 0.25) is 5.02 Å². The third-order valence-electron chi connectivity index (χ3n) is 3.00. The van der Waals surface area contributed by atoms with E-state index in [-0.39, 0.29) is 18.3 Å². The van der Waals surface area contributed by atoms with Crippen molar-refractivity contribution in [3.8, 4) is 0 Å². The molecule has 1 heterocycles. The van der Waals surface area contributed by atoms with Crippen molar-refractivity contribution >= 4 is 41.3 Å². The van der Waals surface area contributed by atoms with E-state index in [0.717, 1.165) is 11.1 Å². The lowest BCUT2D eigenvalue weighted by molar-refractivity contribution is 0.0753. The molecule has 2 aromatic rings. The second-order valence-electron chi connectivity index (χ2n) is 4.56. The van der Waals surface area contributed by atoms with Gasteiger partial charge >= 0.3 is 0 Å². The van der Waals surface area contributed by atoms with Crippen LogP contribution < -0.4 is 5.73 Å². The predicted octanol–water partition coefficient (Wildman–Crippen LogP) is 3.73. The maximum atomic E-state index is 12.6. The molecule has 21 heavy (non-hydrogen) atoms. The molecule has 0 bridgehead atoms. The molecule has 0 radical (unpaired) electrons. The van der Waals surface area contributed by atoms with E-state index in [4.69, 9.17) is 17.3 Å². The number of nitrogens with zero attached hydrogens (tertiary/aromatic N) is 1. The van der Waals surface area contributed by atoms with Crippen molar-refractivity contribution in [2.45, 2.75) is 13.5 Å². The Morgan fingerprint density at radius 1 is 1.33 bits per heavy atom. The molecule has 0 aliphatic carbocycles. The minimum atomic E-state index is -0.0533. The lowest BCUT2D eigenvalue weighted by atomic mass is 10.2. The van der Waals surface area contributed by atoms with Crippen molar-refractivity contribution in [1.29, 1.82) is 0 Å². The van der Waals surface area contributed by atoms with Gasteiger partial charge in [0.25, 0.3) is 5.91 Å². The number of halogens is 2. The van der Waals surface area contributed by atoms with Crippen LogP contribution in [0.25, 0.3) is 0 Å². The Bertz CT molecular complexity index is 587. The van der Waals surface area contributed by atoms with E-state index in [0.29, 0.717) is 29.5 Å². The van der Waals surface area contributed by atoms with Crippen molar-refractivity contribution < 1.29 is 4.79 Å². The number of aryl methyl sites for hydroxylation is 1. The summed E-state index contributed by atoms with van der Waals surface area (Å²) < 4.78 is 0. The van der Waals surface area contributed by atoms with Crippen molar-refractivity contribution in [2.24, 2.45) is 5.73 Å². The highest BCUT2D eigenvalue weighted by Gasteiger charge is 2.20. The van der Waals surface area contributed by atoms with Gasteiger partial charge in [-0.15, -0.1) is 23.7 Å². The number of carbonyl (C=O) groups excluding carboxylic acids is 1. The second kappa shape index (κ2) is 8.39. The Morgan fingerprint density at radius 3 is 2.52 bits per heavy atom. The Morgan fingerprint density at radius 2 is 2.00 bits per heavy atom. The average molecular weight is 345 g/mol. The Labute approximate surface area is 140 Å². The number of thiophene rings is 1. The third kappa shape index (κ3) is 4.45. The molecule has 1 amide bonds. The van der Waals surface area contributed by atoms with Gasteiger partial charge in [-0.3, -0.25) is 4.79 Å². The van der Waals surface area contributed by atoms with Crippen molar-refractivity contribution in [3.63, 3.8) is 0 Å². The number of rotatable bonds is 5. The van der Waals surface area contributed by atoms with Gasteiger partial charge in [0, 0.05) is 19.6 Å². The third-order valence-corrected chi connectivity index (χ3v) is 4.68. The molecule has 0 saturated carbocycles. The molecule has 114 valence electrons. The molecule has 1 aromatic carbocycles. The number of amides is 1. The fourth-order valence-electron chi connectivity index (χ4n) is 1.93. The molecule has 0 aliphatic rings. The highest BCUT2D eigenvalue weighted by Crippen LogP contribution is 2.28. The number of hydrogen-bond donors (Lipinski definition) is 1. The smallest absolute Gasteiger partial charge is 0.265 e. The normalized spacial score (nSPS) is 10.0. The fraction of sp³-hybridized carbons (Fsp3) is 0.267. The van der Waals surface area contributed by atoms with E-state index in [1.165, 1.54) is 11.3 Å². The quantitative estimate of drug-likeness (QED) is 0.897. The van der Waals surface area contributed by atoms with E-state index in [1.807, 2.05) is 42.6 Å². The predicted molar refractivity (Wildman–Crippen MR) is 91.6 cm³/mol. The summed E-state index contributed by atoms with van der Waals surface area (Å²) >= 11 is 7.57. The number of nitrogens with two attached hydrogens (primary N) is 1. The average Bonchev–Trinajstić information content (AvgIpc) is 2.79.